The highest BCUT2D eigenvalue weighted by Crippen LogP contribution is 2.32. The second-order valence-corrected chi connectivity index (χ2v) is 12.0. The monoisotopic (exact) mass is 666 g/mol. The molecule has 1 aliphatic rings. The number of carbonyl (C=O) groups is 4. The average molecular weight is 667 g/mol. The van der Waals surface area contributed by atoms with Crippen molar-refractivity contribution in [3.05, 3.63) is 83.2 Å². The van der Waals surface area contributed by atoms with E-state index in [2.05, 4.69) is 20.6 Å². The first-order chi connectivity index (χ1) is 23.0. The van der Waals surface area contributed by atoms with Gasteiger partial charge in [0, 0.05) is 64.8 Å². The van der Waals surface area contributed by atoms with Crippen molar-refractivity contribution in [3.8, 4) is 0 Å². The molecule has 1 fully saturated rings. The standard InChI is InChI=1S/C35H44F2N6O5/c1-6-31(45)40-32(35(47)42-18-16-41(4)17-19-42)22(3)24-10-13-28(27(37)20-24)39-34(46)26(21-30(44)29-14-15-38-43(29)7-2)33(48-5)23-8-11-25(36)12-9-23/h8-15,20,22,26,32-33H,6-7,16-19,21H2,1-5H3,(H,39,46)(H,40,45)/t22-,26-,32+,33+/m0/s1. The summed E-state index contributed by atoms with van der Waals surface area (Å²) < 4.78 is 36.6. The average Bonchev–Trinajstić information content (AvgIpc) is 3.57. The minimum absolute atomic E-state index is 0.138. The predicted molar refractivity (Wildman–Crippen MR) is 176 cm³/mol. The summed E-state index contributed by atoms with van der Waals surface area (Å²) in [4.78, 5) is 57.0. The molecule has 1 saturated heterocycles. The third-order valence-electron chi connectivity index (χ3n) is 8.86. The second kappa shape index (κ2) is 16.6. The maximum atomic E-state index is 15.7. The number of rotatable bonds is 14. The first kappa shape index (κ1) is 36.3. The van der Waals surface area contributed by atoms with Gasteiger partial charge in [0.15, 0.2) is 5.78 Å². The molecule has 2 N–H and O–H groups in total. The molecule has 0 spiro atoms. The van der Waals surface area contributed by atoms with E-state index in [1.165, 1.54) is 54.4 Å². The molecule has 0 bridgehead atoms. The first-order valence-electron chi connectivity index (χ1n) is 16.2. The molecular formula is C35H44F2N6O5. The van der Waals surface area contributed by atoms with E-state index in [-0.39, 0.29) is 36.1 Å². The highest BCUT2D eigenvalue weighted by Gasteiger charge is 2.35. The van der Waals surface area contributed by atoms with Crippen LogP contribution in [0.25, 0.3) is 0 Å². The van der Waals surface area contributed by atoms with Crippen molar-refractivity contribution in [1.29, 1.82) is 0 Å². The van der Waals surface area contributed by atoms with E-state index in [0.29, 0.717) is 49.5 Å². The Morgan fingerprint density at radius 1 is 0.958 bits per heavy atom. The molecule has 2 aromatic carbocycles. The lowest BCUT2D eigenvalue weighted by Gasteiger charge is -2.36. The Hall–Kier alpha value is -4.49. The van der Waals surface area contributed by atoms with E-state index in [9.17, 15) is 23.6 Å². The summed E-state index contributed by atoms with van der Waals surface area (Å²) in [5.41, 5.74) is 1.09. The Morgan fingerprint density at radius 3 is 2.23 bits per heavy atom. The van der Waals surface area contributed by atoms with Crippen molar-refractivity contribution in [3.63, 3.8) is 0 Å². The number of ketones is 1. The molecule has 1 aliphatic heterocycles. The number of benzene rings is 2. The number of hydrogen-bond donors (Lipinski definition) is 2. The number of Topliss-reactive ketones (excluding diaryl/α,β-unsaturated/α-hetero) is 1. The molecule has 0 radical (unpaired) electrons. The van der Waals surface area contributed by atoms with Gasteiger partial charge in [-0.05, 0) is 55.4 Å². The first-order valence-corrected chi connectivity index (χ1v) is 16.2. The number of hydrogen-bond acceptors (Lipinski definition) is 7. The van der Waals surface area contributed by atoms with Gasteiger partial charge in [-0.3, -0.25) is 23.9 Å². The summed E-state index contributed by atoms with van der Waals surface area (Å²) >= 11 is 0. The molecule has 0 aliphatic carbocycles. The molecule has 4 atom stereocenters. The van der Waals surface area contributed by atoms with Gasteiger partial charge >= 0.3 is 0 Å². The maximum Gasteiger partial charge on any atom is 0.245 e. The van der Waals surface area contributed by atoms with Gasteiger partial charge in [0.2, 0.25) is 17.7 Å². The summed E-state index contributed by atoms with van der Waals surface area (Å²) in [5.74, 6) is -4.53. The molecule has 11 nitrogen and oxygen atoms in total. The molecule has 0 unspecified atom stereocenters. The minimum Gasteiger partial charge on any atom is -0.376 e. The third kappa shape index (κ3) is 8.70. The Morgan fingerprint density at radius 2 is 1.62 bits per heavy atom. The van der Waals surface area contributed by atoms with E-state index >= 15 is 4.39 Å². The van der Waals surface area contributed by atoms with E-state index in [1.54, 1.807) is 30.9 Å². The minimum atomic E-state index is -1.12. The second-order valence-electron chi connectivity index (χ2n) is 12.0. The van der Waals surface area contributed by atoms with Gasteiger partial charge in [0.05, 0.1) is 17.7 Å². The van der Waals surface area contributed by atoms with Gasteiger partial charge < -0.3 is 25.2 Å². The molecule has 1 aromatic heterocycles. The van der Waals surface area contributed by atoms with Crippen LogP contribution in [0.15, 0.2) is 54.7 Å². The molecule has 3 aromatic rings. The quantitative estimate of drug-likeness (QED) is 0.248. The summed E-state index contributed by atoms with van der Waals surface area (Å²) in [6.45, 7) is 8.16. The maximum absolute atomic E-state index is 15.7. The predicted octanol–water partition coefficient (Wildman–Crippen LogP) is 4.17. The Kier molecular flexibility index (Phi) is 12.5. The number of piperazine rings is 1. The molecular weight excluding hydrogens is 622 g/mol. The van der Waals surface area contributed by atoms with Crippen LogP contribution < -0.4 is 10.6 Å². The van der Waals surface area contributed by atoms with Gasteiger partial charge in [-0.25, -0.2) is 8.78 Å². The smallest absolute Gasteiger partial charge is 0.245 e. The molecule has 48 heavy (non-hydrogen) atoms. The lowest BCUT2D eigenvalue weighted by molar-refractivity contribution is -0.138. The molecule has 0 saturated carbocycles. The van der Waals surface area contributed by atoms with Crippen molar-refractivity contribution in [1.82, 2.24) is 24.9 Å². The zero-order valence-corrected chi connectivity index (χ0v) is 28.0. The van der Waals surface area contributed by atoms with Crippen LogP contribution in [0.2, 0.25) is 0 Å². The molecule has 13 heteroatoms. The van der Waals surface area contributed by atoms with E-state index < -0.39 is 41.5 Å². The lowest BCUT2D eigenvalue weighted by Crippen LogP contribution is -2.55. The van der Waals surface area contributed by atoms with Crippen molar-refractivity contribution in [2.24, 2.45) is 5.92 Å². The lowest BCUT2D eigenvalue weighted by atomic mass is 9.89. The number of anilines is 1. The van der Waals surface area contributed by atoms with Crippen molar-refractivity contribution in [2.45, 2.75) is 58.2 Å². The third-order valence-corrected chi connectivity index (χ3v) is 8.86. The van der Waals surface area contributed by atoms with Crippen LogP contribution in [0.3, 0.4) is 0 Å². The number of nitrogens with zero attached hydrogens (tertiary/aromatic N) is 4. The largest absolute Gasteiger partial charge is 0.376 e. The number of methoxy groups -OCH3 is 1. The van der Waals surface area contributed by atoms with Gasteiger partial charge in [-0.1, -0.05) is 32.0 Å². The SMILES string of the molecule is CCC(=O)N[C@@H](C(=O)N1CCN(C)CC1)[C@@H](C)c1ccc(NC(=O)[C@@H](CC(=O)c2ccnn2CC)[C@H](OC)c2ccc(F)cc2)c(F)c1. The van der Waals surface area contributed by atoms with Crippen LogP contribution in [0, 0.1) is 17.6 Å². The van der Waals surface area contributed by atoms with Gasteiger partial charge in [-0.2, -0.15) is 5.10 Å². The Labute approximate surface area is 279 Å². The number of amides is 3. The van der Waals surface area contributed by atoms with Crippen LogP contribution in [-0.2, 0) is 25.7 Å². The fraction of sp³-hybridized carbons (Fsp3) is 0.457. The summed E-state index contributed by atoms with van der Waals surface area (Å²) in [7, 11) is 3.35. The molecule has 3 amide bonds. The number of carbonyl (C=O) groups excluding carboxylic acids is 4. The Balaban J connectivity index is 1.59. The molecule has 258 valence electrons. The van der Waals surface area contributed by atoms with Crippen LogP contribution in [-0.4, -0.2) is 89.5 Å². The van der Waals surface area contributed by atoms with E-state index in [4.69, 9.17) is 4.74 Å². The van der Waals surface area contributed by atoms with E-state index in [0.717, 1.165) is 0 Å². The van der Waals surface area contributed by atoms with Gasteiger partial charge in [-0.15, -0.1) is 0 Å². The summed E-state index contributed by atoms with van der Waals surface area (Å²) in [6.07, 6.45) is 0.424. The summed E-state index contributed by atoms with van der Waals surface area (Å²) in [5, 5.41) is 9.57. The van der Waals surface area contributed by atoms with Crippen molar-refractivity contribution >= 4 is 29.2 Å². The number of nitrogens with one attached hydrogen (secondary N) is 2. The fourth-order valence-corrected chi connectivity index (χ4v) is 5.88. The normalized spacial score (nSPS) is 16.1. The zero-order chi connectivity index (χ0) is 35.0. The number of ether oxygens (including phenoxy) is 1. The Bertz CT molecular complexity index is 1590. The van der Waals surface area contributed by atoms with Crippen LogP contribution >= 0.6 is 0 Å². The highest BCUT2D eigenvalue weighted by atomic mass is 19.1. The number of aryl methyl sites for hydroxylation is 1. The van der Waals surface area contributed by atoms with Gasteiger partial charge in [0.1, 0.15) is 23.4 Å². The number of likely N-dealkylation sites (N-methyl/N-ethyl adjacent to an activating group) is 1. The zero-order valence-electron chi connectivity index (χ0n) is 28.0. The number of halogens is 2. The van der Waals surface area contributed by atoms with E-state index in [1.807, 2.05) is 14.0 Å². The van der Waals surface area contributed by atoms with Crippen molar-refractivity contribution in [2.75, 3.05) is 45.7 Å². The highest BCUT2D eigenvalue weighted by molar-refractivity contribution is 6.00. The fourth-order valence-electron chi connectivity index (χ4n) is 5.88. The number of aromatic nitrogens is 2. The topological polar surface area (TPSA) is 126 Å². The van der Waals surface area contributed by atoms with Gasteiger partial charge in [0.25, 0.3) is 0 Å². The van der Waals surface area contributed by atoms with Crippen molar-refractivity contribution < 1.29 is 32.7 Å². The molecule has 2 heterocycles. The van der Waals surface area contributed by atoms with Crippen LogP contribution in [0.4, 0.5) is 14.5 Å². The summed E-state index contributed by atoms with van der Waals surface area (Å²) in [6, 6.07) is 10.3. The van der Waals surface area contributed by atoms with Crippen LogP contribution in [0.5, 0.6) is 0 Å². The molecule has 4 rings (SSSR count). The van der Waals surface area contributed by atoms with Crippen LogP contribution in [0.1, 0.15) is 67.3 Å².